The van der Waals surface area contributed by atoms with Gasteiger partial charge >= 0.3 is 11.9 Å². The van der Waals surface area contributed by atoms with Gasteiger partial charge in [0, 0.05) is 11.8 Å². The van der Waals surface area contributed by atoms with E-state index >= 15 is 0 Å². The first-order chi connectivity index (χ1) is 18.2. The van der Waals surface area contributed by atoms with Crippen molar-refractivity contribution in [2.75, 3.05) is 12.0 Å². The molecule has 0 bridgehead atoms. The van der Waals surface area contributed by atoms with Gasteiger partial charge in [0.2, 0.25) is 6.10 Å². The number of anilines is 1. The Hall–Kier alpha value is -4.33. The van der Waals surface area contributed by atoms with E-state index in [-0.39, 0.29) is 12.8 Å². The normalized spacial score (nSPS) is 16.5. The van der Waals surface area contributed by atoms with Crippen LogP contribution in [-0.2, 0) is 25.7 Å². The first-order valence-corrected chi connectivity index (χ1v) is 12.4. The number of aryl methyl sites for hydroxylation is 2. The van der Waals surface area contributed by atoms with Gasteiger partial charge in [-0.05, 0) is 60.7 Å². The molecule has 0 radical (unpaired) electrons. The van der Waals surface area contributed by atoms with Gasteiger partial charge in [0.05, 0.1) is 20.0 Å². The molecule has 3 aromatic rings. The summed E-state index contributed by atoms with van der Waals surface area (Å²) >= 11 is 0. The lowest BCUT2D eigenvalue weighted by Gasteiger charge is -2.46. The Bertz CT molecular complexity index is 1350. The van der Waals surface area contributed by atoms with Gasteiger partial charge in [0.15, 0.2) is 0 Å². The highest BCUT2D eigenvalue weighted by atomic mass is 16.6. The number of nitrogens with zero attached hydrogens (tertiary/aromatic N) is 1. The SMILES string of the molecule is COc1cc(N2C(=O)[C@H](OC(=O)CCC(=O)O)[C@@H]2c2ccc(C)c(OCc3ccccc3)c2)cc(C)c1C. The van der Waals surface area contributed by atoms with Crippen molar-refractivity contribution in [3.63, 3.8) is 0 Å². The summed E-state index contributed by atoms with van der Waals surface area (Å²) in [7, 11) is 1.57. The zero-order valence-electron chi connectivity index (χ0n) is 21.9. The number of methoxy groups -OCH3 is 1. The maximum Gasteiger partial charge on any atom is 0.307 e. The first kappa shape index (κ1) is 26.7. The Morgan fingerprint density at radius 3 is 2.34 bits per heavy atom. The molecule has 1 fully saturated rings. The van der Waals surface area contributed by atoms with Crippen LogP contribution < -0.4 is 14.4 Å². The number of carboxylic acid groups (broad SMARTS) is 1. The molecule has 0 aromatic heterocycles. The zero-order chi connectivity index (χ0) is 27.4. The molecule has 8 heteroatoms. The van der Waals surface area contributed by atoms with Crippen molar-refractivity contribution < 1.29 is 33.7 Å². The van der Waals surface area contributed by atoms with Crippen LogP contribution in [-0.4, -0.2) is 36.2 Å². The van der Waals surface area contributed by atoms with E-state index in [4.69, 9.17) is 19.3 Å². The highest BCUT2D eigenvalue weighted by Gasteiger charge is 2.52. The molecule has 0 spiro atoms. The van der Waals surface area contributed by atoms with Gasteiger partial charge in [-0.3, -0.25) is 19.3 Å². The number of carbonyl (C=O) groups excluding carboxylic acids is 2. The Balaban J connectivity index is 1.67. The Morgan fingerprint density at radius 1 is 0.921 bits per heavy atom. The van der Waals surface area contributed by atoms with Crippen LogP contribution >= 0.6 is 0 Å². The lowest BCUT2D eigenvalue weighted by atomic mass is 9.88. The summed E-state index contributed by atoms with van der Waals surface area (Å²) in [6, 6.07) is 18.5. The minimum atomic E-state index is -1.11. The van der Waals surface area contributed by atoms with Crippen LogP contribution in [0.3, 0.4) is 0 Å². The minimum absolute atomic E-state index is 0.317. The van der Waals surface area contributed by atoms with Crippen molar-refractivity contribution in [3.8, 4) is 11.5 Å². The zero-order valence-corrected chi connectivity index (χ0v) is 21.9. The Kier molecular flexibility index (Phi) is 8.00. The summed E-state index contributed by atoms with van der Waals surface area (Å²) in [5.74, 6) is -0.943. The smallest absolute Gasteiger partial charge is 0.307 e. The highest BCUT2D eigenvalue weighted by molar-refractivity contribution is 6.06. The van der Waals surface area contributed by atoms with E-state index in [1.54, 1.807) is 18.1 Å². The van der Waals surface area contributed by atoms with E-state index in [0.29, 0.717) is 23.8 Å². The molecular formula is C30H31NO7. The summed E-state index contributed by atoms with van der Waals surface area (Å²) < 4.78 is 17.1. The lowest BCUT2D eigenvalue weighted by Crippen LogP contribution is -2.60. The minimum Gasteiger partial charge on any atom is -0.496 e. The van der Waals surface area contributed by atoms with Crippen LogP contribution in [0.4, 0.5) is 5.69 Å². The van der Waals surface area contributed by atoms with Crippen LogP contribution in [0.2, 0.25) is 0 Å². The maximum absolute atomic E-state index is 13.3. The van der Waals surface area contributed by atoms with Gasteiger partial charge < -0.3 is 19.3 Å². The van der Waals surface area contributed by atoms with E-state index in [2.05, 4.69) is 0 Å². The Labute approximate surface area is 221 Å². The van der Waals surface area contributed by atoms with Crippen molar-refractivity contribution in [2.45, 2.75) is 52.4 Å². The van der Waals surface area contributed by atoms with Crippen LogP contribution in [0.15, 0.2) is 60.7 Å². The standard InChI is InChI=1S/C30H31NO7/c1-18-10-11-22(15-24(18)37-17-21-8-6-5-7-9-21)28-29(38-27(34)13-12-26(32)33)30(35)31(28)23-14-19(2)20(3)25(16-23)36-4/h5-11,14-16,28-29H,12-13,17H2,1-4H3,(H,32,33)/t28-,29+/m0/s1. The second-order valence-corrected chi connectivity index (χ2v) is 9.35. The number of rotatable bonds is 10. The third-order valence-electron chi connectivity index (χ3n) is 6.74. The maximum atomic E-state index is 13.3. The van der Waals surface area contributed by atoms with Crippen molar-refractivity contribution in [1.29, 1.82) is 0 Å². The number of ether oxygens (including phenoxy) is 3. The third-order valence-corrected chi connectivity index (χ3v) is 6.74. The third kappa shape index (κ3) is 5.64. The van der Waals surface area contributed by atoms with Crippen LogP contribution in [0.5, 0.6) is 11.5 Å². The molecule has 1 heterocycles. The van der Waals surface area contributed by atoms with E-state index in [0.717, 1.165) is 27.8 Å². The van der Waals surface area contributed by atoms with Gasteiger partial charge in [0.25, 0.3) is 5.91 Å². The lowest BCUT2D eigenvalue weighted by molar-refractivity contribution is -0.163. The number of carbonyl (C=O) groups is 3. The molecule has 3 aromatic carbocycles. The second kappa shape index (κ2) is 11.4. The number of hydrogen-bond donors (Lipinski definition) is 1. The van der Waals surface area contributed by atoms with Crippen molar-refractivity contribution >= 4 is 23.5 Å². The van der Waals surface area contributed by atoms with E-state index in [1.165, 1.54) is 0 Å². The fourth-order valence-corrected chi connectivity index (χ4v) is 4.45. The molecule has 1 N–H and O–H groups in total. The largest absolute Gasteiger partial charge is 0.496 e. The van der Waals surface area contributed by atoms with Crippen LogP contribution in [0.1, 0.15) is 46.7 Å². The summed E-state index contributed by atoms with van der Waals surface area (Å²) in [6.07, 6.45) is -1.78. The number of aliphatic carboxylic acids is 1. The molecular weight excluding hydrogens is 486 g/mol. The average molecular weight is 518 g/mol. The van der Waals surface area contributed by atoms with Crippen molar-refractivity contribution in [1.82, 2.24) is 0 Å². The molecule has 198 valence electrons. The molecule has 4 rings (SSSR count). The number of esters is 1. The molecule has 8 nitrogen and oxygen atoms in total. The fourth-order valence-electron chi connectivity index (χ4n) is 4.45. The molecule has 1 saturated heterocycles. The molecule has 1 aliphatic heterocycles. The summed E-state index contributed by atoms with van der Waals surface area (Å²) in [5, 5.41) is 8.92. The molecule has 2 atom stereocenters. The number of β-lactam (4-membered cyclic amide) rings is 1. The van der Waals surface area contributed by atoms with Gasteiger partial charge in [-0.2, -0.15) is 0 Å². The van der Waals surface area contributed by atoms with Gasteiger partial charge in [-0.25, -0.2) is 0 Å². The van der Waals surface area contributed by atoms with Crippen LogP contribution in [0, 0.1) is 20.8 Å². The summed E-state index contributed by atoms with van der Waals surface area (Å²) in [5.41, 5.74) is 5.19. The molecule has 0 unspecified atom stereocenters. The summed E-state index contributed by atoms with van der Waals surface area (Å²) in [6.45, 7) is 6.19. The van der Waals surface area contributed by atoms with E-state index in [1.807, 2.05) is 75.4 Å². The number of carboxylic acids is 1. The average Bonchev–Trinajstić information content (AvgIpc) is 2.91. The number of benzene rings is 3. The molecule has 0 aliphatic carbocycles. The quantitative estimate of drug-likeness (QED) is 0.296. The first-order valence-electron chi connectivity index (χ1n) is 12.4. The fraction of sp³-hybridized carbons (Fsp3) is 0.300. The predicted octanol–water partition coefficient (Wildman–Crippen LogP) is 5.06. The molecule has 38 heavy (non-hydrogen) atoms. The molecule has 1 amide bonds. The highest BCUT2D eigenvalue weighted by Crippen LogP contribution is 2.44. The number of amides is 1. The summed E-state index contributed by atoms with van der Waals surface area (Å²) in [4.78, 5) is 38.2. The Morgan fingerprint density at radius 2 is 1.66 bits per heavy atom. The van der Waals surface area contributed by atoms with Gasteiger partial charge in [0.1, 0.15) is 24.1 Å². The van der Waals surface area contributed by atoms with Gasteiger partial charge in [-0.1, -0.05) is 42.5 Å². The van der Waals surface area contributed by atoms with Gasteiger partial charge in [-0.15, -0.1) is 0 Å². The van der Waals surface area contributed by atoms with E-state index < -0.39 is 30.0 Å². The molecule has 0 saturated carbocycles. The number of hydrogen-bond acceptors (Lipinski definition) is 6. The monoisotopic (exact) mass is 517 g/mol. The van der Waals surface area contributed by atoms with E-state index in [9.17, 15) is 14.4 Å². The second-order valence-electron chi connectivity index (χ2n) is 9.35. The van der Waals surface area contributed by atoms with Crippen LogP contribution in [0.25, 0.3) is 0 Å². The van der Waals surface area contributed by atoms with Crippen molar-refractivity contribution in [2.24, 2.45) is 0 Å². The molecule has 1 aliphatic rings. The topological polar surface area (TPSA) is 102 Å². The predicted molar refractivity (Wildman–Crippen MR) is 141 cm³/mol. The van der Waals surface area contributed by atoms with Crippen molar-refractivity contribution in [3.05, 3.63) is 88.5 Å².